The number of hydrogen-bond acceptors (Lipinski definition) is 5. The molecule has 1 aromatic carbocycles. The number of rotatable bonds is 7. The highest BCUT2D eigenvalue weighted by Gasteiger charge is 2.24. The minimum atomic E-state index is -0.276. The Morgan fingerprint density at radius 1 is 0.900 bits per heavy atom. The molecule has 1 N–H and O–H groups in total. The van der Waals surface area contributed by atoms with Gasteiger partial charge in [0.05, 0.1) is 0 Å². The molecule has 3 aromatic heterocycles. The SMILES string of the molecule is O=C(C=Cc1ccc(-c2nc3c([nH]2)c(=O)n(CC2CCCCC2)c(=O)n3CC2CCCCC2)cc1)n1ccnc1. The van der Waals surface area contributed by atoms with Crippen LogP contribution in [-0.4, -0.2) is 34.6 Å². The molecule has 6 rings (SSSR count). The van der Waals surface area contributed by atoms with Crippen molar-refractivity contribution in [1.82, 2.24) is 28.7 Å². The summed E-state index contributed by atoms with van der Waals surface area (Å²) in [4.78, 5) is 51.6. The summed E-state index contributed by atoms with van der Waals surface area (Å²) in [6.45, 7) is 1.07. The summed E-state index contributed by atoms with van der Waals surface area (Å²) < 4.78 is 4.63. The number of aromatic nitrogens is 6. The Hall–Kier alpha value is -4.01. The molecule has 40 heavy (non-hydrogen) atoms. The van der Waals surface area contributed by atoms with Gasteiger partial charge in [-0.2, -0.15) is 0 Å². The van der Waals surface area contributed by atoms with E-state index in [-0.39, 0.29) is 17.2 Å². The lowest BCUT2D eigenvalue weighted by Crippen LogP contribution is -2.42. The molecular weight excluding hydrogens is 504 g/mol. The number of hydrogen-bond donors (Lipinski definition) is 1. The lowest BCUT2D eigenvalue weighted by molar-refractivity contribution is 0.0969. The van der Waals surface area contributed by atoms with Crippen molar-refractivity contribution in [2.75, 3.05) is 0 Å². The second kappa shape index (κ2) is 11.6. The molecular formula is C31H36N6O3. The summed E-state index contributed by atoms with van der Waals surface area (Å²) in [5.74, 6) is 1.17. The van der Waals surface area contributed by atoms with Crippen molar-refractivity contribution in [3.05, 3.63) is 75.5 Å². The van der Waals surface area contributed by atoms with Crippen LogP contribution >= 0.6 is 0 Å². The van der Waals surface area contributed by atoms with Gasteiger partial charge >= 0.3 is 5.69 Å². The van der Waals surface area contributed by atoms with Gasteiger partial charge < -0.3 is 4.98 Å². The fraction of sp³-hybridized carbons (Fsp3) is 0.452. The topological polar surface area (TPSA) is 108 Å². The third-order valence-corrected chi connectivity index (χ3v) is 8.55. The van der Waals surface area contributed by atoms with Gasteiger partial charge in [-0.05, 0) is 49.2 Å². The number of carbonyl (C=O) groups is 1. The van der Waals surface area contributed by atoms with Crippen LogP contribution in [-0.2, 0) is 13.1 Å². The third-order valence-electron chi connectivity index (χ3n) is 8.55. The molecule has 9 nitrogen and oxygen atoms in total. The van der Waals surface area contributed by atoms with E-state index in [4.69, 9.17) is 4.98 Å². The van der Waals surface area contributed by atoms with Crippen molar-refractivity contribution in [1.29, 1.82) is 0 Å². The van der Waals surface area contributed by atoms with Crippen molar-refractivity contribution < 1.29 is 4.79 Å². The van der Waals surface area contributed by atoms with E-state index < -0.39 is 0 Å². The maximum atomic E-state index is 13.8. The minimum absolute atomic E-state index is 0.181. The van der Waals surface area contributed by atoms with Gasteiger partial charge in [-0.3, -0.25) is 23.3 Å². The van der Waals surface area contributed by atoms with Crippen LogP contribution in [0.25, 0.3) is 28.6 Å². The van der Waals surface area contributed by atoms with Gasteiger partial charge in [-0.1, -0.05) is 62.8 Å². The molecule has 2 fully saturated rings. The van der Waals surface area contributed by atoms with E-state index >= 15 is 0 Å². The number of imidazole rings is 2. The predicted octanol–water partition coefficient (Wildman–Crippen LogP) is 5.26. The van der Waals surface area contributed by atoms with Crippen molar-refractivity contribution in [3.63, 3.8) is 0 Å². The largest absolute Gasteiger partial charge is 0.332 e. The molecule has 4 aromatic rings. The predicted molar refractivity (Wildman–Crippen MR) is 155 cm³/mol. The van der Waals surface area contributed by atoms with E-state index in [1.807, 2.05) is 24.3 Å². The molecule has 208 valence electrons. The fourth-order valence-corrected chi connectivity index (χ4v) is 6.28. The van der Waals surface area contributed by atoms with E-state index in [1.165, 1.54) is 47.2 Å². The van der Waals surface area contributed by atoms with Gasteiger partial charge in [-0.15, -0.1) is 0 Å². The maximum Gasteiger partial charge on any atom is 0.332 e. The monoisotopic (exact) mass is 540 g/mol. The van der Waals surface area contributed by atoms with Crippen LogP contribution in [0.5, 0.6) is 0 Å². The van der Waals surface area contributed by atoms with Gasteiger partial charge in [0.1, 0.15) is 17.7 Å². The Kier molecular flexibility index (Phi) is 7.62. The highest BCUT2D eigenvalue weighted by atomic mass is 16.2. The van der Waals surface area contributed by atoms with E-state index in [1.54, 1.807) is 23.0 Å². The van der Waals surface area contributed by atoms with Gasteiger partial charge in [0.25, 0.3) is 11.5 Å². The lowest BCUT2D eigenvalue weighted by atomic mass is 9.89. The van der Waals surface area contributed by atoms with Crippen LogP contribution < -0.4 is 11.2 Å². The van der Waals surface area contributed by atoms with Gasteiger partial charge in [-0.25, -0.2) is 14.8 Å². The highest BCUT2D eigenvalue weighted by Crippen LogP contribution is 2.27. The zero-order valence-electron chi connectivity index (χ0n) is 22.8. The smallest absolute Gasteiger partial charge is 0.332 e. The van der Waals surface area contributed by atoms with Crippen LogP contribution in [0.15, 0.2) is 58.7 Å². The first-order valence-corrected chi connectivity index (χ1v) is 14.6. The number of benzene rings is 1. The zero-order valence-corrected chi connectivity index (χ0v) is 22.8. The van der Waals surface area contributed by atoms with Crippen molar-refractivity contribution in [3.8, 4) is 11.4 Å². The number of carbonyl (C=O) groups excluding carboxylic acids is 1. The Labute approximate surface area is 232 Å². The molecule has 0 spiro atoms. The molecule has 0 saturated heterocycles. The number of nitrogens with zero attached hydrogens (tertiary/aromatic N) is 5. The van der Waals surface area contributed by atoms with Crippen LogP contribution in [0.4, 0.5) is 0 Å². The summed E-state index contributed by atoms with van der Waals surface area (Å²) >= 11 is 0. The minimum Gasteiger partial charge on any atom is -0.332 e. The Balaban J connectivity index is 1.33. The number of allylic oxidation sites excluding steroid dienone is 1. The Bertz CT molecular complexity index is 1610. The van der Waals surface area contributed by atoms with Crippen LogP contribution in [0, 0.1) is 11.8 Å². The summed E-state index contributed by atoms with van der Waals surface area (Å²) in [6, 6.07) is 7.61. The van der Waals surface area contributed by atoms with Crippen LogP contribution in [0.2, 0.25) is 0 Å². The van der Waals surface area contributed by atoms with Gasteiger partial charge in [0.2, 0.25) is 0 Å². The second-order valence-corrected chi connectivity index (χ2v) is 11.4. The van der Waals surface area contributed by atoms with Crippen molar-refractivity contribution >= 4 is 23.1 Å². The van der Waals surface area contributed by atoms with Crippen LogP contribution in [0.1, 0.15) is 74.6 Å². The second-order valence-electron chi connectivity index (χ2n) is 11.4. The normalized spacial score (nSPS) is 17.2. The van der Waals surface area contributed by atoms with Crippen molar-refractivity contribution in [2.45, 2.75) is 77.3 Å². The van der Waals surface area contributed by atoms with E-state index in [2.05, 4.69) is 9.97 Å². The standard InChI is InChI=1S/C31H36N6O3/c38-26(35-18-17-32-21-35)16-13-22-11-14-25(15-12-22)28-33-27-29(34-28)36(19-23-7-3-1-4-8-23)31(40)37(30(27)39)20-24-9-5-2-6-10-24/h11-18,21,23-24H,1-10,19-20H2,(H,33,34). The Morgan fingerprint density at radius 2 is 1.55 bits per heavy atom. The highest BCUT2D eigenvalue weighted by molar-refractivity contribution is 5.93. The summed E-state index contributed by atoms with van der Waals surface area (Å²) in [5, 5.41) is 0. The van der Waals surface area contributed by atoms with E-state index in [0.29, 0.717) is 41.9 Å². The molecule has 0 atom stereocenters. The van der Waals surface area contributed by atoms with E-state index in [9.17, 15) is 14.4 Å². The molecule has 2 aliphatic rings. The summed E-state index contributed by atoms with van der Waals surface area (Å²) in [5.41, 5.74) is 2.01. The molecule has 0 bridgehead atoms. The summed E-state index contributed by atoms with van der Waals surface area (Å²) in [6.07, 6.45) is 19.4. The molecule has 0 radical (unpaired) electrons. The first kappa shape index (κ1) is 26.2. The maximum absolute atomic E-state index is 13.8. The number of fused-ring (bicyclic) bond motifs is 1. The van der Waals surface area contributed by atoms with Gasteiger partial charge in [0.15, 0.2) is 5.65 Å². The number of nitrogens with one attached hydrogen (secondary N) is 1. The Morgan fingerprint density at radius 3 is 2.17 bits per heavy atom. The van der Waals surface area contributed by atoms with E-state index in [0.717, 1.165) is 49.7 Å². The first-order valence-electron chi connectivity index (χ1n) is 14.6. The number of H-pyrrole nitrogens is 1. The molecule has 0 aliphatic heterocycles. The average Bonchev–Trinajstić information content (AvgIpc) is 3.69. The number of aromatic amines is 1. The lowest BCUT2D eigenvalue weighted by Gasteiger charge is -2.24. The molecule has 2 saturated carbocycles. The quantitative estimate of drug-likeness (QED) is 0.322. The molecule has 0 unspecified atom stereocenters. The average molecular weight is 541 g/mol. The molecule has 0 amide bonds. The molecule has 2 aliphatic carbocycles. The molecule has 3 heterocycles. The third kappa shape index (κ3) is 5.50. The fourth-order valence-electron chi connectivity index (χ4n) is 6.28. The van der Waals surface area contributed by atoms with Crippen molar-refractivity contribution in [2.24, 2.45) is 11.8 Å². The van der Waals surface area contributed by atoms with Gasteiger partial charge in [0, 0.05) is 37.1 Å². The van der Waals surface area contributed by atoms with Crippen LogP contribution in [0.3, 0.4) is 0 Å². The zero-order chi connectivity index (χ0) is 27.5. The first-order chi connectivity index (χ1) is 19.6. The molecule has 9 heteroatoms. The summed E-state index contributed by atoms with van der Waals surface area (Å²) in [7, 11) is 0.